The number of hydrogen-bond acceptors (Lipinski definition) is 3. The summed E-state index contributed by atoms with van der Waals surface area (Å²) in [5, 5.41) is 11.0. The first-order valence-electron chi connectivity index (χ1n) is 8.24. The highest BCUT2D eigenvalue weighted by Crippen LogP contribution is 2.58. The molecule has 1 saturated heterocycles. The number of methoxy groups -OCH3 is 1. The third-order valence-electron chi connectivity index (χ3n) is 6.37. The van der Waals surface area contributed by atoms with Crippen LogP contribution in [0, 0.1) is 5.92 Å². The number of benzene rings is 1. The quantitative estimate of drug-likeness (QED) is 0.862. The van der Waals surface area contributed by atoms with Gasteiger partial charge < -0.3 is 14.7 Å². The number of nitrogens with zero attached hydrogens (tertiary/aromatic N) is 1. The largest absolute Gasteiger partial charge is 0.497 e. The van der Waals surface area contributed by atoms with Crippen LogP contribution in [0.5, 0.6) is 5.75 Å². The summed E-state index contributed by atoms with van der Waals surface area (Å²) < 4.78 is 5.46. The molecule has 4 atom stereocenters. The molecular weight excluding hydrogens is 262 g/mol. The number of aliphatic hydroxyl groups is 1. The molecule has 3 aliphatic rings. The van der Waals surface area contributed by atoms with E-state index >= 15 is 0 Å². The maximum atomic E-state index is 11.0. The maximum Gasteiger partial charge on any atom is 0.119 e. The van der Waals surface area contributed by atoms with Crippen LogP contribution >= 0.6 is 0 Å². The summed E-state index contributed by atoms with van der Waals surface area (Å²) in [5.41, 5.74) is 2.80. The van der Waals surface area contributed by atoms with Crippen molar-refractivity contribution in [1.82, 2.24) is 4.90 Å². The molecule has 2 fully saturated rings. The monoisotopic (exact) mass is 287 g/mol. The van der Waals surface area contributed by atoms with Gasteiger partial charge in [0.05, 0.1) is 13.2 Å². The van der Waals surface area contributed by atoms with E-state index in [1.165, 1.54) is 37.7 Å². The minimum Gasteiger partial charge on any atom is -0.497 e. The van der Waals surface area contributed by atoms with E-state index in [-0.39, 0.29) is 11.5 Å². The molecule has 1 N–H and O–H groups in total. The van der Waals surface area contributed by atoms with E-state index < -0.39 is 0 Å². The fraction of sp³-hybridized carbons (Fsp3) is 0.667. The summed E-state index contributed by atoms with van der Waals surface area (Å²) >= 11 is 0. The van der Waals surface area contributed by atoms with Gasteiger partial charge in [-0.3, -0.25) is 0 Å². The van der Waals surface area contributed by atoms with E-state index in [1.54, 1.807) is 7.11 Å². The first kappa shape index (κ1) is 13.6. The molecule has 21 heavy (non-hydrogen) atoms. The van der Waals surface area contributed by atoms with Gasteiger partial charge in [0.1, 0.15) is 5.75 Å². The predicted molar refractivity (Wildman–Crippen MR) is 82.6 cm³/mol. The standard InChI is InChI=1S/C18H25NO2/c1-19-10-9-18-8-4-3-5-14(18)16(19)17(20)13-7-6-12(21-2)11-15(13)18/h6-7,11,14,16-17,20H,3-5,8-10H2,1-2H3/t14-,16+,17?,18-/m1/s1. The molecule has 1 unspecified atom stereocenters. The van der Waals surface area contributed by atoms with Crippen LogP contribution in [0.2, 0.25) is 0 Å². The zero-order valence-electron chi connectivity index (χ0n) is 13.0. The Labute approximate surface area is 126 Å². The van der Waals surface area contributed by atoms with Crippen molar-refractivity contribution in [3.05, 3.63) is 29.3 Å². The Morgan fingerprint density at radius 3 is 2.95 bits per heavy atom. The zero-order valence-corrected chi connectivity index (χ0v) is 13.0. The van der Waals surface area contributed by atoms with Crippen LogP contribution in [-0.4, -0.2) is 36.8 Å². The Kier molecular flexibility index (Phi) is 3.05. The van der Waals surface area contributed by atoms with E-state index in [0.29, 0.717) is 12.0 Å². The van der Waals surface area contributed by atoms with Crippen LogP contribution in [0.15, 0.2) is 18.2 Å². The molecule has 0 spiro atoms. The third-order valence-corrected chi connectivity index (χ3v) is 6.37. The molecule has 114 valence electrons. The van der Waals surface area contributed by atoms with Gasteiger partial charge in [0.15, 0.2) is 0 Å². The summed E-state index contributed by atoms with van der Waals surface area (Å²) in [7, 11) is 3.91. The van der Waals surface area contributed by atoms with Crippen molar-refractivity contribution in [3.63, 3.8) is 0 Å². The first-order valence-corrected chi connectivity index (χ1v) is 8.24. The Balaban J connectivity index is 1.92. The molecule has 3 nitrogen and oxygen atoms in total. The lowest BCUT2D eigenvalue weighted by molar-refractivity contribution is -0.0680. The molecule has 0 aromatic heterocycles. The van der Waals surface area contributed by atoms with Crippen LogP contribution in [-0.2, 0) is 5.41 Å². The van der Waals surface area contributed by atoms with E-state index in [4.69, 9.17) is 4.74 Å². The Bertz CT molecular complexity index is 558. The second-order valence-electron chi connectivity index (χ2n) is 7.13. The van der Waals surface area contributed by atoms with Crippen molar-refractivity contribution in [2.45, 2.75) is 49.7 Å². The number of rotatable bonds is 1. The smallest absolute Gasteiger partial charge is 0.119 e. The molecule has 2 aliphatic carbocycles. The highest BCUT2D eigenvalue weighted by Gasteiger charge is 2.56. The van der Waals surface area contributed by atoms with E-state index in [9.17, 15) is 5.11 Å². The number of ether oxygens (including phenoxy) is 1. The number of likely N-dealkylation sites (tertiary alicyclic amines) is 1. The lowest BCUT2D eigenvalue weighted by Gasteiger charge is -2.59. The molecule has 1 aromatic rings. The van der Waals surface area contributed by atoms with Gasteiger partial charge in [-0.1, -0.05) is 18.9 Å². The van der Waals surface area contributed by atoms with E-state index in [1.807, 2.05) is 6.07 Å². The Morgan fingerprint density at radius 2 is 2.14 bits per heavy atom. The van der Waals surface area contributed by atoms with Gasteiger partial charge in [-0.15, -0.1) is 0 Å². The van der Waals surface area contributed by atoms with Crippen molar-refractivity contribution in [3.8, 4) is 5.75 Å². The van der Waals surface area contributed by atoms with Gasteiger partial charge in [0.2, 0.25) is 0 Å². The summed E-state index contributed by atoms with van der Waals surface area (Å²) in [5.74, 6) is 1.52. The van der Waals surface area contributed by atoms with Crippen LogP contribution in [0.1, 0.15) is 49.3 Å². The Hall–Kier alpha value is -1.06. The fourth-order valence-corrected chi connectivity index (χ4v) is 5.37. The number of fused-ring (bicyclic) bond motifs is 1. The van der Waals surface area contributed by atoms with Crippen molar-refractivity contribution in [2.24, 2.45) is 5.92 Å². The van der Waals surface area contributed by atoms with Gasteiger partial charge in [-0.2, -0.15) is 0 Å². The molecule has 0 radical (unpaired) electrons. The molecule has 3 heteroatoms. The number of hydrogen-bond donors (Lipinski definition) is 1. The topological polar surface area (TPSA) is 32.7 Å². The zero-order chi connectivity index (χ0) is 14.6. The third kappa shape index (κ3) is 1.74. The molecule has 1 aromatic carbocycles. The van der Waals surface area contributed by atoms with Gasteiger partial charge in [-0.05, 0) is 62.0 Å². The van der Waals surface area contributed by atoms with E-state index in [0.717, 1.165) is 17.9 Å². The normalized spacial score (nSPS) is 38.5. The summed E-state index contributed by atoms with van der Waals surface area (Å²) in [6.07, 6.45) is 6.02. The number of aliphatic hydroxyl groups excluding tert-OH is 1. The minimum absolute atomic E-state index is 0.276. The molecule has 0 amide bonds. The average Bonchev–Trinajstić information content (AvgIpc) is 2.53. The van der Waals surface area contributed by atoms with Crippen LogP contribution < -0.4 is 4.74 Å². The lowest BCUT2D eigenvalue weighted by atomic mass is 9.52. The van der Waals surface area contributed by atoms with Crippen molar-refractivity contribution in [1.29, 1.82) is 0 Å². The summed E-state index contributed by atoms with van der Waals surface area (Å²) in [4.78, 5) is 2.39. The average molecular weight is 287 g/mol. The first-order chi connectivity index (χ1) is 10.2. The Morgan fingerprint density at radius 1 is 1.29 bits per heavy atom. The van der Waals surface area contributed by atoms with Gasteiger partial charge in [-0.25, -0.2) is 0 Å². The van der Waals surface area contributed by atoms with Gasteiger partial charge >= 0.3 is 0 Å². The SMILES string of the molecule is COc1ccc2c(c1)[C@@]13CCCC[C@@H]1[C@@H](C2O)N(C)CC3. The predicted octanol–water partition coefficient (Wildman–Crippen LogP) is 2.87. The van der Waals surface area contributed by atoms with Gasteiger partial charge in [0, 0.05) is 11.5 Å². The molecule has 1 saturated carbocycles. The highest BCUT2D eigenvalue weighted by atomic mass is 16.5. The minimum atomic E-state index is -0.354. The second-order valence-corrected chi connectivity index (χ2v) is 7.13. The summed E-state index contributed by atoms with van der Waals surface area (Å²) in [6.45, 7) is 1.09. The lowest BCUT2D eigenvalue weighted by Crippen LogP contribution is -2.61. The molecule has 1 aliphatic heterocycles. The second kappa shape index (κ2) is 4.72. The molecule has 2 bridgehead atoms. The van der Waals surface area contributed by atoms with Gasteiger partial charge in [0.25, 0.3) is 0 Å². The van der Waals surface area contributed by atoms with Crippen molar-refractivity contribution < 1.29 is 9.84 Å². The number of likely N-dealkylation sites (N-methyl/N-ethyl adjacent to an activating group) is 1. The molecule has 1 heterocycles. The summed E-state index contributed by atoms with van der Waals surface area (Å²) in [6, 6.07) is 6.59. The molecular formula is C18H25NO2. The van der Waals surface area contributed by atoms with Crippen LogP contribution in [0.25, 0.3) is 0 Å². The maximum absolute atomic E-state index is 11.0. The van der Waals surface area contributed by atoms with Crippen LogP contribution in [0.4, 0.5) is 0 Å². The van der Waals surface area contributed by atoms with Crippen molar-refractivity contribution >= 4 is 0 Å². The number of piperidine rings is 1. The van der Waals surface area contributed by atoms with Crippen molar-refractivity contribution in [2.75, 3.05) is 20.7 Å². The van der Waals surface area contributed by atoms with Crippen LogP contribution in [0.3, 0.4) is 0 Å². The van der Waals surface area contributed by atoms with E-state index in [2.05, 4.69) is 24.1 Å². The highest BCUT2D eigenvalue weighted by molar-refractivity contribution is 5.47. The molecule has 4 rings (SSSR count). The fourth-order valence-electron chi connectivity index (χ4n) is 5.37.